The molecular formula is C18H24N2O3. The first kappa shape index (κ1) is 15.8. The molecule has 2 fully saturated rings. The van der Waals surface area contributed by atoms with Crippen LogP contribution in [0.4, 0.5) is 0 Å². The molecule has 1 aromatic rings. The molecule has 2 bridgehead atoms. The zero-order valence-corrected chi connectivity index (χ0v) is 13.5. The van der Waals surface area contributed by atoms with E-state index in [1.54, 1.807) is 24.3 Å². The monoisotopic (exact) mass is 316 g/mol. The third-order valence-corrected chi connectivity index (χ3v) is 5.33. The molecule has 2 saturated carbocycles. The van der Waals surface area contributed by atoms with Crippen molar-refractivity contribution in [3.8, 4) is 5.75 Å². The van der Waals surface area contributed by atoms with Crippen LogP contribution < -0.4 is 15.8 Å². The summed E-state index contributed by atoms with van der Waals surface area (Å²) in [4.78, 5) is 23.5. The Labute approximate surface area is 136 Å². The van der Waals surface area contributed by atoms with Gasteiger partial charge in [-0.25, -0.2) is 0 Å². The highest BCUT2D eigenvalue weighted by atomic mass is 16.5. The molecule has 3 rings (SSSR count). The van der Waals surface area contributed by atoms with Gasteiger partial charge in [0.1, 0.15) is 5.75 Å². The van der Waals surface area contributed by atoms with Crippen LogP contribution in [-0.2, 0) is 4.79 Å². The maximum atomic E-state index is 12.1. The molecule has 0 saturated heterocycles. The van der Waals surface area contributed by atoms with Gasteiger partial charge in [0, 0.05) is 6.04 Å². The van der Waals surface area contributed by atoms with Gasteiger partial charge in [0.15, 0.2) is 6.61 Å². The molecule has 0 radical (unpaired) electrons. The molecule has 5 nitrogen and oxygen atoms in total. The lowest BCUT2D eigenvalue weighted by Crippen LogP contribution is -2.42. The second-order valence-electron chi connectivity index (χ2n) is 6.84. The van der Waals surface area contributed by atoms with Crippen LogP contribution in [0.15, 0.2) is 24.3 Å². The zero-order chi connectivity index (χ0) is 16.4. The molecule has 0 spiro atoms. The Morgan fingerprint density at radius 3 is 2.74 bits per heavy atom. The van der Waals surface area contributed by atoms with Crippen molar-refractivity contribution < 1.29 is 14.3 Å². The van der Waals surface area contributed by atoms with E-state index >= 15 is 0 Å². The molecule has 0 aromatic heterocycles. The molecule has 4 atom stereocenters. The number of rotatable bonds is 6. The molecule has 0 aliphatic heterocycles. The van der Waals surface area contributed by atoms with E-state index in [0.29, 0.717) is 17.2 Å². The highest BCUT2D eigenvalue weighted by Crippen LogP contribution is 2.49. The van der Waals surface area contributed by atoms with Crippen LogP contribution in [-0.4, -0.2) is 24.5 Å². The van der Waals surface area contributed by atoms with Crippen LogP contribution in [0.2, 0.25) is 0 Å². The summed E-state index contributed by atoms with van der Waals surface area (Å²) in [5.74, 6) is 1.86. The average molecular weight is 316 g/mol. The van der Waals surface area contributed by atoms with E-state index in [1.165, 1.54) is 25.7 Å². The summed E-state index contributed by atoms with van der Waals surface area (Å²) in [5, 5.41) is 3.05. The number of para-hydroxylation sites is 1. The van der Waals surface area contributed by atoms with Gasteiger partial charge in [0.05, 0.1) is 5.56 Å². The average Bonchev–Trinajstić information content (AvgIpc) is 3.16. The van der Waals surface area contributed by atoms with Gasteiger partial charge in [0.25, 0.3) is 11.8 Å². The second kappa shape index (κ2) is 6.60. The molecule has 5 heteroatoms. The molecule has 124 valence electrons. The minimum Gasteiger partial charge on any atom is -0.483 e. The summed E-state index contributed by atoms with van der Waals surface area (Å²) in [5.41, 5.74) is 5.59. The molecule has 0 heterocycles. The predicted molar refractivity (Wildman–Crippen MR) is 87.0 cm³/mol. The smallest absolute Gasteiger partial charge is 0.258 e. The maximum Gasteiger partial charge on any atom is 0.258 e. The highest BCUT2D eigenvalue weighted by Gasteiger charge is 2.42. The van der Waals surface area contributed by atoms with Gasteiger partial charge >= 0.3 is 0 Å². The molecule has 1 aromatic carbocycles. The van der Waals surface area contributed by atoms with Crippen molar-refractivity contribution in [2.24, 2.45) is 23.5 Å². The normalized spacial score (nSPS) is 26.7. The zero-order valence-electron chi connectivity index (χ0n) is 13.5. The number of ether oxygens (including phenoxy) is 1. The maximum absolute atomic E-state index is 12.1. The number of nitrogens with two attached hydrogens (primary N) is 1. The Balaban J connectivity index is 1.51. The Morgan fingerprint density at radius 2 is 2.09 bits per heavy atom. The fourth-order valence-electron chi connectivity index (χ4n) is 4.25. The number of carbonyl (C=O) groups is 2. The summed E-state index contributed by atoms with van der Waals surface area (Å²) in [7, 11) is 0. The molecule has 2 amide bonds. The standard InChI is InChI=1S/C18H24N2O3/c1-11(15-9-12-6-7-13(15)8-12)20-17(21)10-23-16-5-3-2-4-14(16)18(19)22/h2-5,11-13,15H,6-10H2,1H3,(H2,19,22)(H,20,21)/t11-,12+,13+,15+/m1/s1. The quantitative estimate of drug-likeness (QED) is 0.843. The SMILES string of the molecule is C[C@@H](NC(=O)COc1ccccc1C(N)=O)[C@@H]1C[C@H]2CC[C@H]1C2. The van der Waals surface area contributed by atoms with E-state index in [1.807, 2.05) is 0 Å². The van der Waals surface area contributed by atoms with Crippen molar-refractivity contribution in [1.29, 1.82) is 0 Å². The van der Waals surface area contributed by atoms with E-state index in [4.69, 9.17) is 10.5 Å². The van der Waals surface area contributed by atoms with E-state index in [0.717, 1.165) is 11.8 Å². The number of fused-ring (bicyclic) bond motifs is 2. The molecule has 2 aliphatic carbocycles. The number of amides is 2. The minimum atomic E-state index is -0.559. The van der Waals surface area contributed by atoms with Gasteiger partial charge in [-0.1, -0.05) is 18.6 Å². The first-order valence-electron chi connectivity index (χ1n) is 8.35. The lowest BCUT2D eigenvalue weighted by molar-refractivity contribution is -0.124. The Kier molecular flexibility index (Phi) is 4.55. The van der Waals surface area contributed by atoms with E-state index < -0.39 is 5.91 Å². The number of hydrogen-bond acceptors (Lipinski definition) is 3. The number of benzene rings is 1. The largest absolute Gasteiger partial charge is 0.483 e. The van der Waals surface area contributed by atoms with Crippen LogP contribution in [0.3, 0.4) is 0 Å². The van der Waals surface area contributed by atoms with Crippen LogP contribution in [0.25, 0.3) is 0 Å². The summed E-state index contributed by atoms with van der Waals surface area (Å²) in [6.07, 6.45) is 5.22. The Bertz CT molecular complexity index is 602. The summed E-state index contributed by atoms with van der Waals surface area (Å²) < 4.78 is 5.47. The Hall–Kier alpha value is -2.04. The molecule has 3 N–H and O–H groups in total. The van der Waals surface area contributed by atoms with Gasteiger partial charge in [-0.05, 0) is 56.1 Å². The number of primary amides is 1. The molecular weight excluding hydrogens is 292 g/mol. The van der Waals surface area contributed by atoms with Crippen molar-refractivity contribution >= 4 is 11.8 Å². The number of nitrogens with one attached hydrogen (secondary N) is 1. The molecule has 23 heavy (non-hydrogen) atoms. The van der Waals surface area contributed by atoms with Gasteiger partial charge in [-0.15, -0.1) is 0 Å². The lowest BCUT2D eigenvalue weighted by Gasteiger charge is -2.28. The van der Waals surface area contributed by atoms with Crippen LogP contribution in [0, 0.1) is 17.8 Å². The summed E-state index contributed by atoms with van der Waals surface area (Å²) in [6, 6.07) is 6.87. The number of hydrogen-bond donors (Lipinski definition) is 2. The third-order valence-electron chi connectivity index (χ3n) is 5.33. The Morgan fingerprint density at radius 1 is 1.30 bits per heavy atom. The lowest BCUT2D eigenvalue weighted by atomic mass is 9.84. The van der Waals surface area contributed by atoms with Crippen LogP contribution in [0.1, 0.15) is 43.0 Å². The van der Waals surface area contributed by atoms with Crippen molar-refractivity contribution in [1.82, 2.24) is 5.32 Å². The first-order chi connectivity index (χ1) is 11.0. The van der Waals surface area contributed by atoms with Crippen LogP contribution in [0.5, 0.6) is 5.75 Å². The summed E-state index contributed by atoms with van der Waals surface area (Å²) in [6.45, 7) is 1.98. The first-order valence-corrected chi connectivity index (χ1v) is 8.35. The van der Waals surface area contributed by atoms with Crippen molar-refractivity contribution in [3.05, 3.63) is 29.8 Å². The van der Waals surface area contributed by atoms with Gasteiger partial charge in [0.2, 0.25) is 0 Å². The molecule has 2 aliphatic rings. The highest BCUT2D eigenvalue weighted by molar-refractivity contribution is 5.95. The second-order valence-corrected chi connectivity index (χ2v) is 6.84. The van der Waals surface area contributed by atoms with Crippen molar-refractivity contribution in [2.45, 2.75) is 38.6 Å². The minimum absolute atomic E-state index is 0.102. The molecule has 0 unspecified atom stereocenters. The van der Waals surface area contributed by atoms with E-state index in [9.17, 15) is 9.59 Å². The fourth-order valence-corrected chi connectivity index (χ4v) is 4.25. The topological polar surface area (TPSA) is 81.4 Å². The predicted octanol–water partition coefficient (Wildman–Crippen LogP) is 2.11. The third kappa shape index (κ3) is 3.49. The number of carbonyl (C=O) groups excluding carboxylic acids is 2. The van der Waals surface area contributed by atoms with Gasteiger partial charge in [-0.3, -0.25) is 9.59 Å². The van der Waals surface area contributed by atoms with Crippen molar-refractivity contribution in [3.63, 3.8) is 0 Å². The van der Waals surface area contributed by atoms with Gasteiger partial charge in [-0.2, -0.15) is 0 Å². The van der Waals surface area contributed by atoms with Crippen molar-refractivity contribution in [2.75, 3.05) is 6.61 Å². The van der Waals surface area contributed by atoms with Crippen LogP contribution >= 0.6 is 0 Å². The van der Waals surface area contributed by atoms with E-state index in [2.05, 4.69) is 12.2 Å². The summed E-state index contributed by atoms with van der Waals surface area (Å²) >= 11 is 0. The van der Waals surface area contributed by atoms with Gasteiger partial charge < -0.3 is 15.8 Å². The fraction of sp³-hybridized carbons (Fsp3) is 0.556. The van der Waals surface area contributed by atoms with E-state index in [-0.39, 0.29) is 18.6 Å².